The maximum Gasteiger partial charge on any atom is 0.173 e. The van der Waals surface area contributed by atoms with Crippen LogP contribution in [0.4, 0.5) is 4.39 Å². The van der Waals surface area contributed by atoms with Gasteiger partial charge in [-0.25, -0.2) is 4.39 Å². The molecule has 0 aliphatic carbocycles. The first-order valence-electron chi connectivity index (χ1n) is 5.65. The van der Waals surface area contributed by atoms with E-state index in [0.717, 1.165) is 13.0 Å². The Hall–Kier alpha value is -1.66. The smallest absolute Gasteiger partial charge is 0.173 e. The largest absolute Gasteiger partial charge is 0.409 e. The Kier molecular flexibility index (Phi) is 6.10. The van der Waals surface area contributed by atoms with E-state index in [9.17, 15) is 4.39 Å². The minimum absolute atomic E-state index is 0.105. The van der Waals surface area contributed by atoms with Crippen molar-refractivity contribution in [1.82, 2.24) is 5.32 Å². The lowest BCUT2D eigenvalue weighted by Gasteiger charge is -2.08. The van der Waals surface area contributed by atoms with Crippen LogP contribution >= 0.6 is 0 Å². The highest BCUT2D eigenvalue weighted by molar-refractivity contribution is 5.97. The van der Waals surface area contributed by atoms with E-state index in [2.05, 4.69) is 10.5 Å². The van der Waals surface area contributed by atoms with E-state index < -0.39 is 5.82 Å². The molecule has 0 saturated carbocycles. The van der Waals surface area contributed by atoms with E-state index in [1.54, 1.807) is 19.2 Å². The minimum atomic E-state index is -0.466. The summed E-state index contributed by atoms with van der Waals surface area (Å²) in [6.45, 7) is 1.79. The Morgan fingerprint density at radius 1 is 1.56 bits per heavy atom. The Labute approximate surface area is 105 Å². The maximum absolute atomic E-state index is 13.9. The van der Waals surface area contributed by atoms with Crippen LogP contribution in [0.5, 0.6) is 0 Å². The number of rotatable bonds is 7. The van der Waals surface area contributed by atoms with E-state index >= 15 is 0 Å². The number of nitrogens with zero attached hydrogens (tertiary/aromatic N) is 1. The van der Waals surface area contributed by atoms with Crippen molar-refractivity contribution in [1.29, 1.82) is 0 Å². The highest BCUT2D eigenvalue weighted by Crippen LogP contribution is 2.12. The maximum atomic E-state index is 13.9. The molecule has 0 fully saturated rings. The van der Waals surface area contributed by atoms with Gasteiger partial charge in [-0.1, -0.05) is 17.3 Å². The molecule has 0 saturated heterocycles. The summed E-state index contributed by atoms with van der Waals surface area (Å²) in [4.78, 5) is 0. The van der Waals surface area contributed by atoms with Gasteiger partial charge in [0, 0.05) is 25.8 Å². The van der Waals surface area contributed by atoms with Gasteiger partial charge in [0.05, 0.1) is 5.56 Å². The molecule has 100 valence electrons. The van der Waals surface area contributed by atoms with Gasteiger partial charge >= 0.3 is 0 Å². The predicted octanol–water partition coefficient (Wildman–Crippen LogP) is 1.05. The molecule has 1 aromatic rings. The molecule has 18 heavy (non-hydrogen) atoms. The van der Waals surface area contributed by atoms with Crippen LogP contribution in [0.3, 0.4) is 0 Å². The van der Waals surface area contributed by atoms with Crippen LogP contribution in [-0.2, 0) is 11.3 Å². The number of oxime groups is 1. The fraction of sp³-hybridized carbons (Fsp3) is 0.417. The van der Waals surface area contributed by atoms with Crippen LogP contribution in [0.1, 0.15) is 17.5 Å². The van der Waals surface area contributed by atoms with Crippen molar-refractivity contribution in [3.63, 3.8) is 0 Å². The average Bonchev–Trinajstić information content (AvgIpc) is 2.39. The number of ether oxygens (including phenoxy) is 1. The van der Waals surface area contributed by atoms with Gasteiger partial charge in [0.15, 0.2) is 5.84 Å². The molecule has 0 heterocycles. The zero-order chi connectivity index (χ0) is 13.4. The molecule has 0 unspecified atom stereocenters. The van der Waals surface area contributed by atoms with Crippen molar-refractivity contribution in [3.8, 4) is 0 Å². The molecule has 0 spiro atoms. The second-order valence-corrected chi connectivity index (χ2v) is 3.79. The third kappa shape index (κ3) is 3.97. The molecule has 4 N–H and O–H groups in total. The second-order valence-electron chi connectivity index (χ2n) is 3.79. The third-order valence-corrected chi connectivity index (χ3v) is 2.48. The summed E-state index contributed by atoms with van der Waals surface area (Å²) in [7, 11) is 1.64. The molecular formula is C12H18FN3O2. The molecule has 5 nitrogen and oxygen atoms in total. The average molecular weight is 255 g/mol. The summed E-state index contributed by atoms with van der Waals surface area (Å²) in [5.41, 5.74) is 5.97. The van der Waals surface area contributed by atoms with E-state index in [4.69, 9.17) is 15.7 Å². The first-order chi connectivity index (χ1) is 8.70. The summed E-state index contributed by atoms with van der Waals surface area (Å²) in [6, 6.07) is 4.80. The Morgan fingerprint density at radius 2 is 2.33 bits per heavy atom. The number of halogens is 1. The molecule has 0 aliphatic heterocycles. The molecule has 6 heteroatoms. The van der Waals surface area contributed by atoms with Crippen LogP contribution < -0.4 is 11.1 Å². The van der Waals surface area contributed by atoms with Crippen LogP contribution in [0.15, 0.2) is 23.4 Å². The van der Waals surface area contributed by atoms with Crippen molar-refractivity contribution in [2.75, 3.05) is 20.3 Å². The number of nitrogens with one attached hydrogen (secondary N) is 1. The lowest BCUT2D eigenvalue weighted by molar-refractivity contribution is 0.194. The number of hydrogen-bond donors (Lipinski definition) is 3. The summed E-state index contributed by atoms with van der Waals surface area (Å²) in [5.74, 6) is -0.694. The molecule has 0 bridgehead atoms. The van der Waals surface area contributed by atoms with Gasteiger partial charge in [-0.15, -0.1) is 0 Å². The fourth-order valence-electron chi connectivity index (χ4n) is 1.53. The summed E-state index contributed by atoms with van der Waals surface area (Å²) in [5, 5.41) is 14.4. The zero-order valence-corrected chi connectivity index (χ0v) is 10.3. The quantitative estimate of drug-likeness (QED) is 0.224. The van der Waals surface area contributed by atoms with E-state index in [1.807, 2.05) is 0 Å². The van der Waals surface area contributed by atoms with Crippen LogP contribution in [0, 0.1) is 5.82 Å². The van der Waals surface area contributed by atoms with Crippen molar-refractivity contribution in [2.45, 2.75) is 13.0 Å². The monoisotopic (exact) mass is 255 g/mol. The van der Waals surface area contributed by atoms with Crippen LogP contribution in [0.2, 0.25) is 0 Å². The van der Waals surface area contributed by atoms with Gasteiger partial charge in [0.1, 0.15) is 5.82 Å². The minimum Gasteiger partial charge on any atom is -0.409 e. The fourth-order valence-corrected chi connectivity index (χ4v) is 1.53. The molecule has 0 radical (unpaired) electrons. The van der Waals surface area contributed by atoms with Gasteiger partial charge in [0.25, 0.3) is 0 Å². The van der Waals surface area contributed by atoms with Gasteiger partial charge in [-0.2, -0.15) is 0 Å². The molecular weight excluding hydrogens is 237 g/mol. The second kappa shape index (κ2) is 7.62. The number of amidine groups is 1. The Morgan fingerprint density at radius 3 is 3.00 bits per heavy atom. The van der Waals surface area contributed by atoms with Crippen molar-refractivity contribution >= 4 is 5.84 Å². The lowest BCUT2D eigenvalue weighted by atomic mass is 10.1. The predicted molar refractivity (Wildman–Crippen MR) is 67.1 cm³/mol. The molecule has 1 aromatic carbocycles. The van der Waals surface area contributed by atoms with E-state index in [0.29, 0.717) is 18.7 Å². The first-order valence-corrected chi connectivity index (χ1v) is 5.65. The summed E-state index contributed by atoms with van der Waals surface area (Å²) < 4.78 is 18.9. The topological polar surface area (TPSA) is 79.9 Å². The van der Waals surface area contributed by atoms with Crippen molar-refractivity contribution in [3.05, 3.63) is 35.1 Å². The first kappa shape index (κ1) is 14.4. The Bertz CT molecular complexity index is 410. The zero-order valence-electron chi connectivity index (χ0n) is 10.3. The summed E-state index contributed by atoms with van der Waals surface area (Å²) in [6.07, 6.45) is 0.859. The number of methoxy groups -OCH3 is 1. The molecule has 0 amide bonds. The van der Waals surface area contributed by atoms with Crippen molar-refractivity contribution < 1.29 is 14.3 Å². The van der Waals surface area contributed by atoms with Crippen molar-refractivity contribution in [2.24, 2.45) is 10.9 Å². The SMILES string of the molecule is COCCCNCc1cccc(/C(N)=N/O)c1F. The molecule has 0 aromatic heterocycles. The van der Waals surface area contributed by atoms with E-state index in [1.165, 1.54) is 6.07 Å². The molecule has 0 aliphatic rings. The number of hydrogen-bond acceptors (Lipinski definition) is 4. The van der Waals surface area contributed by atoms with Gasteiger partial charge in [-0.05, 0) is 19.0 Å². The number of nitrogens with two attached hydrogens (primary N) is 1. The highest BCUT2D eigenvalue weighted by atomic mass is 19.1. The van der Waals surface area contributed by atoms with Gasteiger partial charge in [0.2, 0.25) is 0 Å². The standard InChI is InChI=1S/C12H18FN3O2/c1-18-7-3-6-15-8-9-4-2-5-10(11(9)13)12(14)16-17/h2,4-5,15,17H,3,6-8H2,1H3,(H2,14,16). The normalized spacial score (nSPS) is 11.8. The van der Waals surface area contributed by atoms with Gasteiger partial charge in [-0.3, -0.25) is 0 Å². The number of benzene rings is 1. The summed E-state index contributed by atoms with van der Waals surface area (Å²) >= 11 is 0. The van der Waals surface area contributed by atoms with Crippen LogP contribution in [0.25, 0.3) is 0 Å². The lowest BCUT2D eigenvalue weighted by Crippen LogP contribution is -2.20. The van der Waals surface area contributed by atoms with Gasteiger partial charge < -0.3 is 21.0 Å². The molecule has 0 atom stereocenters. The van der Waals surface area contributed by atoms with Crippen LogP contribution in [-0.4, -0.2) is 31.3 Å². The molecule has 1 rings (SSSR count). The Balaban J connectivity index is 2.61. The highest BCUT2D eigenvalue weighted by Gasteiger charge is 2.10. The third-order valence-electron chi connectivity index (χ3n) is 2.48. The van der Waals surface area contributed by atoms with E-state index in [-0.39, 0.29) is 11.4 Å².